The van der Waals surface area contributed by atoms with Crippen LogP contribution in [-0.4, -0.2) is 6.18 Å². The molecule has 1 rings (SSSR count). The maximum absolute atomic E-state index is 13.3. The van der Waals surface area contributed by atoms with Crippen molar-refractivity contribution >= 4 is 27.5 Å². The number of rotatable bonds is 2. The van der Waals surface area contributed by atoms with Crippen molar-refractivity contribution in [3.05, 3.63) is 34.1 Å². The zero-order valence-corrected chi connectivity index (χ0v) is 10.5. The Morgan fingerprint density at radius 1 is 1.38 bits per heavy atom. The number of halogens is 6. The van der Waals surface area contributed by atoms with E-state index in [4.69, 9.17) is 11.6 Å². The molecule has 0 spiro atoms. The summed E-state index contributed by atoms with van der Waals surface area (Å²) in [6.45, 7) is 1.65. The SMILES string of the molecule is CCc1cc(C(Br)C(F)(F)F)cc(Cl)c1F. The molecule has 0 fully saturated rings. The Morgan fingerprint density at radius 3 is 2.38 bits per heavy atom. The first-order valence-corrected chi connectivity index (χ1v) is 5.75. The molecule has 0 aromatic heterocycles. The second-order valence-corrected chi connectivity index (χ2v) is 4.56. The number of alkyl halides is 4. The van der Waals surface area contributed by atoms with Crippen LogP contribution in [0.2, 0.25) is 5.02 Å². The average molecular weight is 320 g/mol. The van der Waals surface area contributed by atoms with Crippen molar-refractivity contribution in [3.63, 3.8) is 0 Å². The molecule has 0 N–H and O–H groups in total. The molecule has 0 bridgehead atoms. The van der Waals surface area contributed by atoms with Crippen molar-refractivity contribution in [1.82, 2.24) is 0 Å². The van der Waals surface area contributed by atoms with Gasteiger partial charge < -0.3 is 0 Å². The van der Waals surface area contributed by atoms with Gasteiger partial charge in [0, 0.05) is 0 Å². The second-order valence-electron chi connectivity index (χ2n) is 3.23. The molecule has 1 aromatic carbocycles. The lowest BCUT2D eigenvalue weighted by atomic mass is 10.1. The molecule has 1 atom stereocenters. The normalized spacial score (nSPS) is 13.9. The molecule has 1 aromatic rings. The first-order valence-electron chi connectivity index (χ1n) is 4.46. The van der Waals surface area contributed by atoms with Gasteiger partial charge in [-0.05, 0) is 23.6 Å². The Labute approximate surface area is 104 Å². The van der Waals surface area contributed by atoms with E-state index in [-0.39, 0.29) is 22.6 Å². The largest absolute Gasteiger partial charge is 0.405 e. The summed E-state index contributed by atoms with van der Waals surface area (Å²) in [5, 5.41) is -0.289. The van der Waals surface area contributed by atoms with Gasteiger partial charge in [-0.3, -0.25) is 0 Å². The molecule has 0 radical (unpaired) electrons. The van der Waals surface area contributed by atoms with Gasteiger partial charge in [-0.15, -0.1) is 0 Å². The van der Waals surface area contributed by atoms with Gasteiger partial charge in [0.25, 0.3) is 0 Å². The zero-order chi connectivity index (χ0) is 12.5. The highest BCUT2D eigenvalue weighted by atomic mass is 79.9. The van der Waals surface area contributed by atoms with Crippen LogP contribution in [0.1, 0.15) is 22.9 Å². The predicted octanol–water partition coefficient (Wildman–Crippen LogP) is 5.04. The third-order valence-electron chi connectivity index (χ3n) is 2.09. The lowest BCUT2D eigenvalue weighted by Crippen LogP contribution is -2.15. The zero-order valence-electron chi connectivity index (χ0n) is 8.21. The maximum atomic E-state index is 13.3. The van der Waals surface area contributed by atoms with Crippen molar-refractivity contribution < 1.29 is 17.6 Å². The monoisotopic (exact) mass is 318 g/mol. The maximum Gasteiger partial charge on any atom is 0.405 e. The molecule has 0 amide bonds. The molecule has 0 nitrogen and oxygen atoms in total. The van der Waals surface area contributed by atoms with Crippen LogP contribution in [0.4, 0.5) is 17.6 Å². The third kappa shape index (κ3) is 2.88. The Hall–Kier alpha value is -0.290. The van der Waals surface area contributed by atoms with Gasteiger partial charge in [0.2, 0.25) is 0 Å². The fraction of sp³-hybridized carbons (Fsp3) is 0.400. The van der Waals surface area contributed by atoms with E-state index >= 15 is 0 Å². The predicted molar refractivity (Wildman–Crippen MR) is 58.5 cm³/mol. The van der Waals surface area contributed by atoms with E-state index in [1.807, 2.05) is 0 Å². The van der Waals surface area contributed by atoms with Crippen molar-refractivity contribution in [2.45, 2.75) is 24.3 Å². The van der Waals surface area contributed by atoms with E-state index in [0.29, 0.717) is 0 Å². The van der Waals surface area contributed by atoms with Gasteiger partial charge in [-0.1, -0.05) is 40.5 Å². The summed E-state index contributed by atoms with van der Waals surface area (Å²) in [5.74, 6) is -0.658. The minimum atomic E-state index is -4.42. The fourth-order valence-electron chi connectivity index (χ4n) is 1.26. The van der Waals surface area contributed by atoms with E-state index in [2.05, 4.69) is 15.9 Å². The minimum absolute atomic E-state index is 0.0873. The van der Waals surface area contributed by atoms with Crippen LogP contribution in [0.15, 0.2) is 12.1 Å². The Kier molecular flexibility index (Phi) is 4.23. The smallest absolute Gasteiger partial charge is 0.205 e. The standard InChI is InChI=1S/C10H8BrClF4/c1-2-5-3-6(4-7(12)8(5)13)9(11)10(14,15)16/h3-4,9H,2H2,1H3. The molecular weight excluding hydrogens is 311 g/mol. The van der Waals surface area contributed by atoms with Crippen molar-refractivity contribution in [3.8, 4) is 0 Å². The molecule has 0 saturated heterocycles. The van der Waals surface area contributed by atoms with E-state index < -0.39 is 16.8 Å². The summed E-state index contributed by atoms with van der Waals surface area (Å²) < 4.78 is 50.6. The van der Waals surface area contributed by atoms with Crippen LogP contribution >= 0.6 is 27.5 Å². The number of hydrogen-bond donors (Lipinski definition) is 0. The molecule has 0 heterocycles. The van der Waals surface area contributed by atoms with Crippen LogP contribution in [-0.2, 0) is 6.42 Å². The van der Waals surface area contributed by atoms with Crippen molar-refractivity contribution in [1.29, 1.82) is 0 Å². The summed E-state index contributed by atoms with van der Waals surface area (Å²) in [5.41, 5.74) is 0.0898. The molecule has 0 aliphatic carbocycles. The van der Waals surface area contributed by atoms with Crippen LogP contribution in [0.3, 0.4) is 0 Å². The minimum Gasteiger partial charge on any atom is -0.205 e. The Morgan fingerprint density at radius 2 is 1.94 bits per heavy atom. The average Bonchev–Trinajstić information content (AvgIpc) is 2.19. The molecule has 0 aliphatic heterocycles. The summed E-state index contributed by atoms with van der Waals surface area (Å²) >= 11 is 8.05. The van der Waals surface area contributed by atoms with E-state index in [1.54, 1.807) is 6.92 Å². The first-order chi connectivity index (χ1) is 7.27. The van der Waals surface area contributed by atoms with Crippen LogP contribution in [0, 0.1) is 5.82 Å². The van der Waals surface area contributed by atoms with E-state index in [9.17, 15) is 17.6 Å². The topological polar surface area (TPSA) is 0 Å². The molecule has 16 heavy (non-hydrogen) atoms. The molecule has 0 aliphatic rings. The lowest BCUT2D eigenvalue weighted by molar-refractivity contribution is -0.128. The van der Waals surface area contributed by atoms with E-state index in [0.717, 1.165) is 6.07 Å². The quantitative estimate of drug-likeness (QED) is 0.529. The highest BCUT2D eigenvalue weighted by Crippen LogP contribution is 2.41. The number of aryl methyl sites for hydroxylation is 1. The Bertz CT molecular complexity index is 389. The fourth-order valence-corrected chi connectivity index (χ4v) is 1.77. The second kappa shape index (κ2) is 4.92. The Balaban J connectivity index is 3.21. The van der Waals surface area contributed by atoms with Crippen molar-refractivity contribution in [2.75, 3.05) is 0 Å². The molecular formula is C10H8BrClF4. The van der Waals surface area contributed by atoms with Crippen molar-refractivity contribution in [2.24, 2.45) is 0 Å². The van der Waals surface area contributed by atoms with Gasteiger partial charge in [-0.2, -0.15) is 13.2 Å². The summed E-state index contributed by atoms with van der Waals surface area (Å²) in [6, 6.07) is 2.16. The van der Waals surface area contributed by atoms with Gasteiger partial charge in [0.1, 0.15) is 10.6 Å². The lowest BCUT2D eigenvalue weighted by Gasteiger charge is -2.16. The number of hydrogen-bond acceptors (Lipinski definition) is 0. The molecule has 90 valence electrons. The highest BCUT2D eigenvalue weighted by molar-refractivity contribution is 9.09. The van der Waals surface area contributed by atoms with Crippen LogP contribution in [0.5, 0.6) is 0 Å². The summed E-state index contributed by atoms with van der Waals surface area (Å²) in [6.07, 6.45) is -4.14. The number of benzene rings is 1. The van der Waals surface area contributed by atoms with E-state index in [1.165, 1.54) is 6.07 Å². The molecule has 6 heteroatoms. The van der Waals surface area contributed by atoms with Crippen LogP contribution < -0.4 is 0 Å². The van der Waals surface area contributed by atoms with Gasteiger partial charge in [-0.25, -0.2) is 4.39 Å². The third-order valence-corrected chi connectivity index (χ3v) is 3.41. The highest BCUT2D eigenvalue weighted by Gasteiger charge is 2.39. The first kappa shape index (κ1) is 13.8. The summed E-state index contributed by atoms with van der Waals surface area (Å²) in [4.78, 5) is -1.83. The van der Waals surface area contributed by atoms with Gasteiger partial charge >= 0.3 is 6.18 Å². The summed E-state index contributed by atoms with van der Waals surface area (Å²) in [7, 11) is 0. The molecule has 0 saturated carbocycles. The van der Waals surface area contributed by atoms with Gasteiger partial charge in [0.15, 0.2) is 0 Å². The van der Waals surface area contributed by atoms with Gasteiger partial charge in [0.05, 0.1) is 5.02 Å². The van der Waals surface area contributed by atoms with Crippen LogP contribution in [0.25, 0.3) is 0 Å². The molecule has 1 unspecified atom stereocenters.